The third-order valence-electron chi connectivity index (χ3n) is 4.65. The van der Waals surface area contributed by atoms with Crippen molar-refractivity contribution >= 4 is 0 Å². The van der Waals surface area contributed by atoms with Crippen molar-refractivity contribution in [3.05, 3.63) is 23.8 Å². The van der Waals surface area contributed by atoms with Gasteiger partial charge in [-0.2, -0.15) is 0 Å². The van der Waals surface area contributed by atoms with E-state index in [-0.39, 0.29) is 0 Å². The molecule has 3 nitrogen and oxygen atoms in total. The van der Waals surface area contributed by atoms with E-state index in [1.54, 1.807) is 7.11 Å². The SMILES string of the molecule is CCNCc1ccc(OC2CCC(C)C(C)C2)c(OC)c1. The van der Waals surface area contributed by atoms with E-state index >= 15 is 0 Å². The third kappa shape index (κ3) is 4.37. The lowest BCUT2D eigenvalue weighted by atomic mass is 9.80. The van der Waals surface area contributed by atoms with Gasteiger partial charge in [0.25, 0.3) is 0 Å². The Hall–Kier alpha value is -1.22. The van der Waals surface area contributed by atoms with Gasteiger partial charge in [0.05, 0.1) is 13.2 Å². The minimum Gasteiger partial charge on any atom is -0.493 e. The second kappa shape index (κ2) is 7.69. The molecule has 0 spiro atoms. The van der Waals surface area contributed by atoms with Crippen molar-refractivity contribution in [3.63, 3.8) is 0 Å². The number of rotatable bonds is 6. The van der Waals surface area contributed by atoms with Gasteiger partial charge in [-0.3, -0.25) is 0 Å². The number of hydrogen-bond acceptors (Lipinski definition) is 3. The third-order valence-corrected chi connectivity index (χ3v) is 4.65. The quantitative estimate of drug-likeness (QED) is 0.859. The number of ether oxygens (including phenoxy) is 2. The molecule has 0 amide bonds. The second-order valence-corrected chi connectivity index (χ2v) is 6.27. The molecule has 118 valence electrons. The molecule has 21 heavy (non-hydrogen) atoms. The highest BCUT2D eigenvalue weighted by Crippen LogP contribution is 2.35. The van der Waals surface area contributed by atoms with E-state index in [2.05, 4.69) is 38.2 Å². The van der Waals surface area contributed by atoms with Crippen LogP contribution < -0.4 is 14.8 Å². The molecule has 0 aliphatic heterocycles. The van der Waals surface area contributed by atoms with Gasteiger partial charge in [0, 0.05) is 6.54 Å². The summed E-state index contributed by atoms with van der Waals surface area (Å²) in [6.45, 7) is 8.62. The molecule has 1 N–H and O–H groups in total. The molecular formula is C18H29NO2. The minimum atomic E-state index is 0.324. The summed E-state index contributed by atoms with van der Waals surface area (Å²) >= 11 is 0. The van der Waals surface area contributed by atoms with Crippen LogP contribution in [0.1, 0.15) is 45.6 Å². The molecular weight excluding hydrogens is 262 g/mol. The molecule has 0 saturated heterocycles. The minimum absolute atomic E-state index is 0.324. The van der Waals surface area contributed by atoms with Crippen molar-refractivity contribution in [2.75, 3.05) is 13.7 Å². The van der Waals surface area contributed by atoms with Crippen LogP contribution in [0.3, 0.4) is 0 Å². The average molecular weight is 291 g/mol. The normalized spacial score (nSPS) is 25.6. The Bertz CT molecular complexity index is 447. The molecule has 3 atom stereocenters. The molecule has 0 radical (unpaired) electrons. The summed E-state index contributed by atoms with van der Waals surface area (Å²) < 4.78 is 11.7. The van der Waals surface area contributed by atoms with Gasteiger partial charge in [0.2, 0.25) is 0 Å². The van der Waals surface area contributed by atoms with Crippen LogP contribution in [-0.4, -0.2) is 19.8 Å². The lowest BCUT2D eigenvalue weighted by Gasteiger charge is -2.32. The van der Waals surface area contributed by atoms with Crippen LogP contribution in [0.25, 0.3) is 0 Å². The lowest BCUT2D eigenvalue weighted by molar-refractivity contribution is 0.0977. The fraction of sp³-hybridized carbons (Fsp3) is 0.667. The zero-order chi connectivity index (χ0) is 15.2. The first-order chi connectivity index (χ1) is 10.1. The first-order valence-corrected chi connectivity index (χ1v) is 8.18. The summed E-state index contributed by atoms with van der Waals surface area (Å²) in [6.07, 6.45) is 3.87. The molecule has 0 aromatic heterocycles. The molecule has 1 aromatic rings. The summed E-state index contributed by atoms with van der Waals surface area (Å²) in [6, 6.07) is 6.25. The van der Waals surface area contributed by atoms with Crippen LogP contribution in [0.5, 0.6) is 11.5 Å². The van der Waals surface area contributed by atoms with E-state index in [1.807, 2.05) is 6.07 Å². The Morgan fingerprint density at radius 2 is 1.95 bits per heavy atom. The summed E-state index contributed by atoms with van der Waals surface area (Å²) in [5.41, 5.74) is 1.23. The highest BCUT2D eigenvalue weighted by atomic mass is 16.5. The van der Waals surface area contributed by atoms with E-state index in [9.17, 15) is 0 Å². The van der Waals surface area contributed by atoms with Crippen molar-refractivity contribution < 1.29 is 9.47 Å². The highest BCUT2D eigenvalue weighted by molar-refractivity contribution is 5.43. The van der Waals surface area contributed by atoms with Gasteiger partial charge in [-0.1, -0.05) is 26.8 Å². The lowest BCUT2D eigenvalue weighted by Crippen LogP contribution is -2.28. The van der Waals surface area contributed by atoms with Crippen molar-refractivity contribution in [1.82, 2.24) is 5.32 Å². The molecule has 1 saturated carbocycles. The second-order valence-electron chi connectivity index (χ2n) is 6.27. The maximum Gasteiger partial charge on any atom is 0.161 e. The number of methoxy groups -OCH3 is 1. The van der Waals surface area contributed by atoms with E-state index in [0.29, 0.717) is 6.10 Å². The zero-order valence-electron chi connectivity index (χ0n) is 13.8. The highest BCUT2D eigenvalue weighted by Gasteiger charge is 2.26. The van der Waals surface area contributed by atoms with Crippen molar-refractivity contribution in [3.8, 4) is 11.5 Å². The Morgan fingerprint density at radius 3 is 2.62 bits per heavy atom. The van der Waals surface area contributed by atoms with Crippen molar-refractivity contribution in [2.45, 2.75) is 52.7 Å². The Morgan fingerprint density at radius 1 is 1.14 bits per heavy atom. The molecule has 3 unspecified atom stereocenters. The molecule has 3 heteroatoms. The van der Waals surface area contributed by atoms with Gasteiger partial charge < -0.3 is 14.8 Å². The monoisotopic (exact) mass is 291 g/mol. The van der Waals surface area contributed by atoms with E-state index < -0.39 is 0 Å². The number of hydrogen-bond donors (Lipinski definition) is 1. The molecule has 1 aromatic carbocycles. The number of benzene rings is 1. The number of nitrogens with one attached hydrogen (secondary N) is 1. The Labute approximate surface area is 129 Å². The molecule has 1 fully saturated rings. The van der Waals surface area contributed by atoms with Crippen LogP contribution in [-0.2, 0) is 6.54 Å². The van der Waals surface area contributed by atoms with Crippen molar-refractivity contribution in [2.24, 2.45) is 11.8 Å². The Balaban J connectivity index is 2.02. The summed E-state index contributed by atoms with van der Waals surface area (Å²) in [5.74, 6) is 3.28. The largest absolute Gasteiger partial charge is 0.493 e. The van der Waals surface area contributed by atoms with E-state index in [0.717, 1.165) is 49.3 Å². The maximum atomic E-state index is 6.21. The fourth-order valence-corrected chi connectivity index (χ4v) is 2.97. The standard InChI is InChI=1S/C18H29NO2/c1-5-19-12-15-7-9-17(18(11-15)20-4)21-16-8-6-13(2)14(3)10-16/h7,9,11,13-14,16,19H,5-6,8,10,12H2,1-4H3. The molecule has 0 bridgehead atoms. The predicted octanol–water partition coefficient (Wildman–Crippen LogP) is 4.01. The average Bonchev–Trinajstić information content (AvgIpc) is 2.50. The maximum absolute atomic E-state index is 6.21. The molecule has 1 aliphatic carbocycles. The van der Waals surface area contributed by atoms with Gasteiger partial charge >= 0.3 is 0 Å². The van der Waals surface area contributed by atoms with Gasteiger partial charge in [-0.15, -0.1) is 0 Å². The van der Waals surface area contributed by atoms with Crippen LogP contribution in [0, 0.1) is 11.8 Å². The van der Waals surface area contributed by atoms with Crippen molar-refractivity contribution in [1.29, 1.82) is 0 Å². The van der Waals surface area contributed by atoms with Gasteiger partial charge in [0.15, 0.2) is 11.5 Å². The van der Waals surface area contributed by atoms with Crippen LogP contribution in [0.15, 0.2) is 18.2 Å². The molecule has 1 aliphatic rings. The topological polar surface area (TPSA) is 30.5 Å². The van der Waals surface area contributed by atoms with Gasteiger partial charge in [-0.05, 0) is 55.3 Å². The van der Waals surface area contributed by atoms with E-state index in [4.69, 9.17) is 9.47 Å². The molecule has 0 heterocycles. The smallest absolute Gasteiger partial charge is 0.161 e. The summed E-state index contributed by atoms with van der Waals surface area (Å²) in [4.78, 5) is 0. The fourth-order valence-electron chi connectivity index (χ4n) is 2.97. The first kappa shape index (κ1) is 16.2. The Kier molecular flexibility index (Phi) is 5.92. The first-order valence-electron chi connectivity index (χ1n) is 8.18. The van der Waals surface area contributed by atoms with E-state index in [1.165, 1.54) is 12.0 Å². The van der Waals surface area contributed by atoms with Crippen LogP contribution in [0.4, 0.5) is 0 Å². The summed E-state index contributed by atoms with van der Waals surface area (Å²) in [7, 11) is 1.71. The van der Waals surface area contributed by atoms with Gasteiger partial charge in [0.1, 0.15) is 0 Å². The van der Waals surface area contributed by atoms with Gasteiger partial charge in [-0.25, -0.2) is 0 Å². The predicted molar refractivity (Wildman–Crippen MR) is 87.0 cm³/mol. The van der Waals surface area contributed by atoms with Crippen LogP contribution in [0.2, 0.25) is 0 Å². The molecule has 2 rings (SSSR count). The van der Waals surface area contributed by atoms with Crippen LogP contribution >= 0.6 is 0 Å². The zero-order valence-corrected chi connectivity index (χ0v) is 13.8. The summed E-state index contributed by atoms with van der Waals surface area (Å²) in [5, 5.41) is 3.33.